The van der Waals surface area contributed by atoms with E-state index in [1.54, 1.807) is 7.11 Å². The third-order valence-corrected chi connectivity index (χ3v) is 1.53. The second-order valence-electron chi connectivity index (χ2n) is 4.23. The second-order valence-corrected chi connectivity index (χ2v) is 4.23. The molecule has 0 bridgehead atoms. The van der Waals surface area contributed by atoms with Gasteiger partial charge in [-0.2, -0.15) is 0 Å². The SMILES string of the molecule is COCCOCC(O)COCC(C)(C)N. The Kier molecular flexibility index (Phi) is 7.90. The fourth-order valence-electron chi connectivity index (χ4n) is 0.868. The van der Waals surface area contributed by atoms with Gasteiger partial charge in [0, 0.05) is 12.6 Å². The zero-order valence-corrected chi connectivity index (χ0v) is 9.86. The van der Waals surface area contributed by atoms with Crippen molar-refractivity contribution in [3.8, 4) is 0 Å². The highest BCUT2D eigenvalue weighted by atomic mass is 16.5. The predicted molar refractivity (Wildman–Crippen MR) is 57.8 cm³/mol. The minimum Gasteiger partial charge on any atom is -0.388 e. The summed E-state index contributed by atoms with van der Waals surface area (Å²) in [6.07, 6.45) is -0.607. The normalized spacial score (nSPS) is 14.2. The van der Waals surface area contributed by atoms with Crippen molar-refractivity contribution in [3.63, 3.8) is 0 Å². The molecule has 1 unspecified atom stereocenters. The van der Waals surface area contributed by atoms with Gasteiger partial charge < -0.3 is 25.1 Å². The van der Waals surface area contributed by atoms with Gasteiger partial charge in [0.2, 0.25) is 0 Å². The first kappa shape index (κ1) is 14.8. The lowest BCUT2D eigenvalue weighted by molar-refractivity contribution is -0.0343. The molecule has 3 N–H and O–H groups in total. The average Bonchev–Trinajstić information content (AvgIpc) is 2.10. The molecule has 0 heterocycles. The first-order valence-corrected chi connectivity index (χ1v) is 5.07. The van der Waals surface area contributed by atoms with E-state index in [-0.39, 0.29) is 18.8 Å². The molecule has 0 saturated heterocycles. The maximum absolute atomic E-state index is 9.41. The zero-order chi connectivity index (χ0) is 11.7. The van der Waals surface area contributed by atoms with Crippen LogP contribution < -0.4 is 5.73 Å². The van der Waals surface area contributed by atoms with Crippen LogP contribution in [0.15, 0.2) is 0 Å². The summed E-state index contributed by atoms with van der Waals surface area (Å²) >= 11 is 0. The van der Waals surface area contributed by atoms with Crippen molar-refractivity contribution in [1.29, 1.82) is 0 Å². The van der Waals surface area contributed by atoms with Crippen molar-refractivity contribution in [1.82, 2.24) is 0 Å². The lowest BCUT2D eigenvalue weighted by Crippen LogP contribution is -2.38. The van der Waals surface area contributed by atoms with Gasteiger partial charge in [-0.25, -0.2) is 0 Å². The van der Waals surface area contributed by atoms with Crippen molar-refractivity contribution in [2.45, 2.75) is 25.5 Å². The van der Waals surface area contributed by atoms with Gasteiger partial charge in [0.1, 0.15) is 6.10 Å². The number of methoxy groups -OCH3 is 1. The maximum Gasteiger partial charge on any atom is 0.101 e. The van der Waals surface area contributed by atoms with Crippen molar-refractivity contribution >= 4 is 0 Å². The fraction of sp³-hybridized carbons (Fsp3) is 1.00. The van der Waals surface area contributed by atoms with Crippen LogP contribution in [0.25, 0.3) is 0 Å². The minimum absolute atomic E-state index is 0.244. The highest BCUT2D eigenvalue weighted by Gasteiger charge is 2.12. The van der Waals surface area contributed by atoms with Crippen LogP contribution in [0, 0.1) is 0 Å². The first-order chi connectivity index (χ1) is 6.95. The molecule has 0 spiro atoms. The molecule has 15 heavy (non-hydrogen) atoms. The Morgan fingerprint density at radius 2 is 1.80 bits per heavy atom. The first-order valence-electron chi connectivity index (χ1n) is 5.07. The van der Waals surface area contributed by atoms with Gasteiger partial charge in [-0.3, -0.25) is 0 Å². The molecule has 0 fully saturated rings. The van der Waals surface area contributed by atoms with E-state index in [9.17, 15) is 5.11 Å². The molecule has 5 nitrogen and oxygen atoms in total. The second kappa shape index (κ2) is 8.01. The molecule has 0 aromatic carbocycles. The third kappa shape index (κ3) is 11.7. The molecule has 92 valence electrons. The number of ether oxygens (including phenoxy) is 3. The molecular formula is C10H23NO4. The quantitative estimate of drug-likeness (QED) is 0.526. The standard InChI is InChI=1S/C10H23NO4/c1-10(2,11)8-15-7-9(12)6-14-5-4-13-3/h9,12H,4-8,11H2,1-3H3. The van der Waals surface area contributed by atoms with E-state index in [1.165, 1.54) is 0 Å². The van der Waals surface area contributed by atoms with E-state index in [2.05, 4.69) is 0 Å². The summed E-state index contributed by atoms with van der Waals surface area (Å²) in [5.74, 6) is 0. The van der Waals surface area contributed by atoms with E-state index in [0.717, 1.165) is 0 Å². The fourth-order valence-corrected chi connectivity index (χ4v) is 0.868. The summed E-state index contributed by atoms with van der Waals surface area (Å²) < 4.78 is 15.2. The number of aliphatic hydroxyl groups excluding tert-OH is 1. The lowest BCUT2D eigenvalue weighted by Gasteiger charge is -2.19. The van der Waals surface area contributed by atoms with Gasteiger partial charge in [0.25, 0.3) is 0 Å². The summed E-state index contributed by atoms with van der Waals surface area (Å²) in [5.41, 5.74) is 5.34. The van der Waals surface area contributed by atoms with Gasteiger partial charge in [0.15, 0.2) is 0 Å². The van der Waals surface area contributed by atoms with Crippen molar-refractivity contribution < 1.29 is 19.3 Å². The molecule has 1 atom stereocenters. The number of aliphatic hydroxyl groups is 1. The maximum atomic E-state index is 9.41. The molecule has 0 rings (SSSR count). The number of hydrogen-bond acceptors (Lipinski definition) is 5. The van der Waals surface area contributed by atoms with Crippen LogP contribution in [0.3, 0.4) is 0 Å². The molecule has 0 aromatic heterocycles. The Bertz CT molecular complexity index is 147. The van der Waals surface area contributed by atoms with Gasteiger partial charge in [-0.15, -0.1) is 0 Å². The molecular weight excluding hydrogens is 198 g/mol. The van der Waals surface area contributed by atoms with E-state index < -0.39 is 6.10 Å². The summed E-state index contributed by atoms with van der Waals surface area (Å²) in [6.45, 7) is 5.67. The zero-order valence-electron chi connectivity index (χ0n) is 9.86. The third-order valence-electron chi connectivity index (χ3n) is 1.53. The lowest BCUT2D eigenvalue weighted by atomic mass is 10.1. The van der Waals surface area contributed by atoms with Crippen LogP contribution in [0.5, 0.6) is 0 Å². The van der Waals surface area contributed by atoms with E-state index in [1.807, 2.05) is 13.8 Å². The molecule has 0 aliphatic rings. The van der Waals surface area contributed by atoms with Gasteiger partial charge in [-0.1, -0.05) is 0 Å². The van der Waals surface area contributed by atoms with Crippen LogP contribution in [-0.4, -0.2) is 56.9 Å². The molecule has 0 aliphatic carbocycles. The molecule has 0 saturated carbocycles. The van der Waals surface area contributed by atoms with Crippen LogP contribution in [-0.2, 0) is 14.2 Å². The Labute approximate surface area is 91.5 Å². The predicted octanol–water partition coefficient (Wildman–Crippen LogP) is -0.236. The van der Waals surface area contributed by atoms with Gasteiger partial charge in [0.05, 0.1) is 33.0 Å². The minimum atomic E-state index is -0.607. The van der Waals surface area contributed by atoms with Crippen LogP contribution >= 0.6 is 0 Å². The summed E-state index contributed by atoms with van der Waals surface area (Å²) in [4.78, 5) is 0. The van der Waals surface area contributed by atoms with E-state index in [4.69, 9.17) is 19.9 Å². The number of hydrogen-bond donors (Lipinski definition) is 2. The summed E-state index contributed by atoms with van der Waals surface area (Å²) in [6, 6.07) is 0. The Hall–Kier alpha value is -0.200. The number of rotatable bonds is 9. The van der Waals surface area contributed by atoms with Crippen molar-refractivity contribution in [3.05, 3.63) is 0 Å². The molecule has 5 heteroatoms. The smallest absolute Gasteiger partial charge is 0.101 e. The molecule has 0 aromatic rings. The van der Waals surface area contributed by atoms with Crippen LogP contribution in [0.1, 0.15) is 13.8 Å². The Morgan fingerprint density at radius 3 is 2.33 bits per heavy atom. The average molecular weight is 221 g/mol. The van der Waals surface area contributed by atoms with Gasteiger partial charge in [-0.05, 0) is 13.8 Å². The summed E-state index contributed by atoms with van der Waals surface area (Å²) in [5, 5.41) is 9.41. The Morgan fingerprint density at radius 1 is 1.20 bits per heavy atom. The highest BCUT2D eigenvalue weighted by molar-refractivity contribution is 4.70. The highest BCUT2D eigenvalue weighted by Crippen LogP contribution is 1.98. The van der Waals surface area contributed by atoms with Crippen LogP contribution in [0.4, 0.5) is 0 Å². The van der Waals surface area contributed by atoms with Gasteiger partial charge >= 0.3 is 0 Å². The van der Waals surface area contributed by atoms with Crippen molar-refractivity contribution in [2.24, 2.45) is 5.73 Å². The molecule has 0 aliphatic heterocycles. The van der Waals surface area contributed by atoms with E-state index in [0.29, 0.717) is 19.8 Å². The Balaban J connectivity index is 3.29. The number of nitrogens with two attached hydrogens (primary N) is 1. The van der Waals surface area contributed by atoms with Crippen LogP contribution in [0.2, 0.25) is 0 Å². The molecule has 0 radical (unpaired) electrons. The van der Waals surface area contributed by atoms with Crippen molar-refractivity contribution in [2.75, 3.05) is 40.1 Å². The molecule has 0 amide bonds. The van der Waals surface area contributed by atoms with E-state index >= 15 is 0 Å². The topological polar surface area (TPSA) is 73.9 Å². The largest absolute Gasteiger partial charge is 0.388 e. The monoisotopic (exact) mass is 221 g/mol. The summed E-state index contributed by atoms with van der Waals surface area (Å²) in [7, 11) is 1.60.